The van der Waals surface area contributed by atoms with Crippen LogP contribution in [0.25, 0.3) is 0 Å². The Morgan fingerprint density at radius 3 is 2.56 bits per heavy atom. The maximum absolute atomic E-state index is 12.4. The third-order valence-corrected chi connectivity index (χ3v) is 4.77. The third kappa shape index (κ3) is 3.56. The van der Waals surface area contributed by atoms with Crippen LogP contribution in [0.3, 0.4) is 0 Å². The van der Waals surface area contributed by atoms with E-state index in [1.165, 1.54) is 5.56 Å². The summed E-state index contributed by atoms with van der Waals surface area (Å²) in [6.07, 6.45) is 0. The van der Waals surface area contributed by atoms with Gasteiger partial charge in [0.05, 0.1) is 31.4 Å². The van der Waals surface area contributed by atoms with E-state index >= 15 is 0 Å². The van der Waals surface area contributed by atoms with E-state index in [4.69, 9.17) is 9.47 Å². The van der Waals surface area contributed by atoms with Crippen LogP contribution < -0.4 is 4.90 Å². The van der Waals surface area contributed by atoms with E-state index in [9.17, 15) is 4.79 Å². The van der Waals surface area contributed by atoms with E-state index < -0.39 is 0 Å². The molecule has 25 heavy (non-hydrogen) atoms. The Morgan fingerprint density at radius 2 is 1.92 bits per heavy atom. The number of ether oxygens (including phenoxy) is 2. The summed E-state index contributed by atoms with van der Waals surface area (Å²) in [5, 5.41) is 0. The molecule has 0 radical (unpaired) electrons. The number of carbonyl (C=O) groups is 1. The largest absolute Gasteiger partial charge is 0.462 e. The van der Waals surface area contributed by atoms with Crippen LogP contribution in [0, 0.1) is 6.92 Å². The lowest BCUT2D eigenvalue weighted by Gasteiger charge is -2.32. The molecule has 0 spiro atoms. The highest BCUT2D eigenvalue weighted by Crippen LogP contribution is 2.32. The highest BCUT2D eigenvalue weighted by Gasteiger charge is 2.26. The summed E-state index contributed by atoms with van der Waals surface area (Å²) in [6, 6.07) is 12.5. The summed E-state index contributed by atoms with van der Waals surface area (Å²) in [7, 11) is 0. The van der Waals surface area contributed by atoms with Crippen LogP contribution in [0.2, 0.25) is 0 Å². The molecule has 3 rings (SSSR count). The van der Waals surface area contributed by atoms with Crippen molar-refractivity contribution in [1.82, 2.24) is 4.57 Å². The maximum Gasteiger partial charge on any atom is 0.340 e. The lowest BCUT2D eigenvalue weighted by molar-refractivity contribution is 0.0525. The Hall–Kier alpha value is -2.27. The Bertz CT molecular complexity index is 718. The highest BCUT2D eigenvalue weighted by atomic mass is 16.5. The molecule has 0 aliphatic carbocycles. The molecule has 5 heteroatoms. The van der Waals surface area contributed by atoms with E-state index in [1.807, 2.05) is 38.1 Å². The number of carbonyl (C=O) groups excluding carboxylic acids is 1. The number of benzene rings is 1. The fourth-order valence-electron chi connectivity index (χ4n) is 3.43. The quantitative estimate of drug-likeness (QED) is 0.781. The van der Waals surface area contributed by atoms with Gasteiger partial charge in [-0.1, -0.05) is 30.3 Å². The molecule has 1 saturated heterocycles. The first-order valence-electron chi connectivity index (χ1n) is 8.90. The van der Waals surface area contributed by atoms with Crippen molar-refractivity contribution in [2.75, 3.05) is 37.8 Å². The van der Waals surface area contributed by atoms with Crippen molar-refractivity contribution < 1.29 is 14.3 Å². The number of esters is 1. The third-order valence-electron chi connectivity index (χ3n) is 4.77. The lowest BCUT2D eigenvalue weighted by atomic mass is 10.1. The molecule has 0 amide bonds. The van der Waals surface area contributed by atoms with Gasteiger partial charge >= 0.3 is 5.97 Å². The van der Waals surface area contributed by atoms with Crippen molar-refractivity contribution in [3.63, 3.8) is 0 Å². The lowest BCUT2D eigenvalue weighted by Crippen LogP contribution is -2.37. The van der Waals surface area contributed by atoms with Gasteiger partial charge in [0.25, 0.3) is 0 Å². The van der Waals surface area contributed by atoms with E-state index in [2.05, 4.69) is 28.5 Å². The molecule has 134 valence electrons. The van der Waals surface area contributed by atoms with E-state index in [0.717, 1.165) is 24.6 Å². The van der Waals surface area contributed by atoms with Crippen molar-refractivity contribution in [1.29, 1.82) is 0 Å². The Kier molecular flexibility index (Phi) is 5.43. The number of anilines is 1. The molecule has 5 nitrogen and oxygen atoms in total. The van der Waals surface area contributed by atoms with Crippen LogP contribution in [-0.4, -0.2) is 43.4 Å². The molecular formula is C20H26N2O3. The number of aromatic nitrogens is 1. The molecule has 1 fully saturated rings. The number of hydrogen-bond donors (Lipinski definition) is 0. The van der Waals surface area contributed by atoms with Gasteiger partial charge in [-0.25, -0.2) is 4.79 Å². The number of nitrogens with zero attached hydrogens (tertiary/aromatic N) is 2. The van der Waals surface area contributed by atoms with E-state index in [1.54, 1.807) is 0 Å². The van der Waals surface area contributed by atoms with Crippen LogP contribution >= 0.6 is 0 Å². The van der Waals surface area contributed by atoms with Crippen LogP contribution in [0.5, 0.6) is 0 Å². The molecule has 1 aromatic carbocycles. The molecule has 0 bridgehead atoms. The Morgan fingerprint density at radius 1 is 1.24 bits per heavy atom. The topological polar surface area (TPSA) is 43.7 Å². The highest BCUT2D eigenvalue weighted by molar-refractivity contribution is 5.92. The van der Waals surface area contributed by atoms with Gasteiger partial charge in [0, 0.05) is 18.8 Å². The zero-order valence-electron chi connectivity index (χ0n) is 15.2. The predicted octanol–water partition coefficient (Wildman–Crippen LogP) is 3.42. The first-order valence-corrected chi connectivity index (χ1v) is 8.90. The van der Waals surface area contributed by atoms with Gasteiger partial charge < -0.3 is 18.9 Å². The second kappa shape index (κ2) is 7.74. The predicted molar refractivity (Wildman–Crippen MR) is 98.4 cm³/mol. The zero-order chi connectivity index (χ0) is 17.8. The molecule has 2 aromatic rings. The number of rotatable bonds is 5. The van der Waals surface area contributed by atoms with Crippen LogP contribution in [0.15, 0.2) is 36.4 Å². The molecule has 1 unspecified atom stereocenters. The molecule has 0 N–H and O–H groups in total. The van der Waals surface area contributed by atoms with Crippen molar-refractivity contribution in [3.05, 3.63) is 53.2 Å². The number of morpholine rings is 1. The van der Waals surface area contributed by atoms with Crippen LogP contribution in [-0.2, 0) is 9.47 Å². The van der Waals surface area contributed by atoms with Gasteiger partial charge in [-0.2, -0.15) is 0 Å². The molecule has 1 aromatic heterocycles. The van der Waals surface area contributed by atoms with E-state index in [0.29, 0.717) is 25.4 Å². The minimum atomic E-state index is -0.256. The normalized spacial score (nSPS) is 15.9. The van der Waals surface area contributed by atoms with Crippen molar-refractivity contribution >= 4 is 11.8 Å². The van der Waals surface area contributed by atoms with Gasteiger partial charge in [-0.3, -0.25) is 0 Å². The Labute approximate surface area is 149 Å². The maximum atomic E-state index is 12.4. The molecule has 1 atom stereocenters. The SMILES string of the molecule is CCOC(=O)c1cc(N2CCOCC2)n(C(C)c2ccccc2)c1C. The van der Waals surface area contributed by atoms with Gasteiger partial charge in [0.2, 0.25) is 0 Å². The average molecular weight is 342 g/mol. The molecule has 1 aliphatic rings. The summed E-state index contributed by atoms with van der Waals surface area (Å²) < 4.78 is 13.0. The fourth-order valence-corrected chi connectivity index (χ4v) is 3.43. The smallest absolute Gasteiger partial charge is 0.340 e. The summed E-state index contributed by atoms with van der Waals surface area (Å²) >= 11 is 0. The molecule has 0 saturated carbocycles. The summed E-state index contributed by atoms with van der Waals surface area (Å²) in [5.74, 6) is 0.800. The van der Waals surface area contributed by atoms with Crippen LogP contribution in [0.1, 0.15) is 41.5 Å². The van der Waals surface area contributed by atoms with Gasteiger partial charge in [-0.05, 0) is 32.4 Å². The van der Waals surface area contributed by atoms with Gasteiger partial charge in [-0.15, -0.1) is 0 Å². The second-order valence-electron chi connectivity index (χ2n) is 6.28. The van der Waals surface area contributed by atoms with Gasteiger partial charge in [0.15, 0.2) is 0 Å². The molecule has 1 aliphatic heterocycles. The second-order valence-corrected chi connectivity index (χ2v) is 6.28. The van der Waals surface area contributed by atoms with E-state index in [-0.39, 0.29) is 12.0 Å². The first kappa shape index (κ1) is 17.5. The average Bonchev–Trinajstić information content (AvgIpc) is 3.00. The molecular weight excluding hydrogens is 316 g/mol. The summed E-state index contributed by atoms with van der Waals surface area (Å²) in [4.78, 5) is 14.7. The van der Waals surface area contributed by atoms with Crippen LogP contribution in [0.4, 0.5) is 5.82 Å². The van der Waals surface area contributed by atoms with Crippen molar-refractivity contribution in [3.8, 4) is 0 Å². The standard InChI is InChI=1S/C20H26N2O3/c1-4-25-20(23)18-14-19(21-10-12-24-13-11-21)22(16(18)3)15(2)17-8-6-5-7-9-17/h5-9,14-15H,4,10-13H2,1-3H3. The summed E-state index contributed by atoms with van der Waals surface area (Å²) in [5.41, 5.74) is 2.80. The minimum Gasteiger partial charge on any atom is -0.462 e. The molecule has 2 heterocycles. The monoisotopic (exact) mass is 342 g/mol. The number of hydrogen-bond acceptors (Lipinski definition) is 4. The van der Waals surface area contributed by atoms with Crippen molar-refractivity contribution in [2.45, 2.75) is 26.8 Å². The Balaban J connectivity index is 2.05. The zero-order valence-corrected chi connectivity index (χ0v) is 15.2. The summed E-state index contributed by atoms with van der Waals surface area (Å²) in [6.45, 7) is 9.44. The van der Waals surface area contributed by atoms with Crippen molar-refractivity contribution in [2.24, 2.45) is 0 Å². The van der Waals surface area contributed by atoms with Gasteiger partial charge in [0.1, 0.15) is 5.82 Å². The fraction of sp³-hybridized carbons (Fsp3) is 0.450. The minimum absolute atomic E-state index is 0.127. The first-order chi connectivity index (χ1) is 12.1.